The zero-order valence-electron chi connectivity index (χ0n) is 22.1. The Morgan fingerprint density at radius 3 is 2.08 bits per heavy atom. The Balaban J connectivity index is 1.23. The number of nitrogens with one attached hydrogen (secondary N) is 2. The minimum absolute atomic E-state index is 0.108. The molecule has 4 bridgehead atoms. The second-order valence-electron chi connectivity index (χ2n) is 11.3. The SMILES string of the molecule is CCOC(=O)c1ccc(OC(CCNC(=O)NC23CC4CC(CC(C4)C2)C3)c2ccc(C(F)(F)F)cc2)cc1. The molecule has 4 saturated carbocycles. The molecule has 2 amide bonds. The van der Waals surface area contributed by atoms with Crippen LogP contribution in [-0.4, -0.2) is 30.7 Å². The molecule has 0 aliphatic heterocycles. The van der Waals surface area contributed by atoms with Crippen molar-refractivity contribution < 1.29 is 32.2 Å². The van der Waals surface area contributed by atoms with E-state index in [1.807, 2.05) is 0 Å². The Hall–Kier alpha value is -3.23. The van der Waals surface area contributed by atoms with Crippen molar-refractivity contribution in [1.29, 1.82) is 0 Å². The van der Waals surface area contributed by atoms with E-state index < -0.39 is 23.8 Å². The number of rotatable bonds is 9. The summed E-state index contributed by atoms with van der Waals surface area (Å²) in [5.41, 5.74) is 0.0824. The molecule has 6 rings (SSSR count). The Bertz CT molecular complexity index is 1130. The van der Waals surface area contributed by atoms with Crippen LogP contribution in [0.2, 0.25) is 0 Å². The number of halogens is 3. The maximum atomic E-state index is 13.1. The molecule has 2 aromatic carbocycles. The molecular weight excluding hydrogens is 509 g/mol. The molecule has 4 fully saturated rings. The van der Waals surface area contributed by atoms with Crippen LogP contribution in [0.4, 0.5) is 18.0 Å². The van der Waals surface area contributed by atoms with Crippen molar-refractivity contribution in [2.45, 2.75) is 69.7 Å². The number of benzene rings is 2. The lowest BCUT2D eigenvalue weighted by Gasteiger charge is -2.56. The smallest absolute Gasteiger partial charge is 0.416 e. The van der Waals surface area contributed by atoms with Crippen molar-refractivity contribution >= 4 is 12.0 Å². The number of amides is 2. The van der Waals surface area contributed by atoms with E-state index in [1.165, 1.54) is 31.4 Å². The van der Waals surface area contributed by atoms with Gasteiger partial charge in [-0.1, -0.05) is 12.1 Å². The van der Waals surface area contributed by atoms with Gasteiger partial charge in [0.05, 0.1) is 17.7 Å². The highest BCUT2D eigenvalue weighted by Crippen LogP contribution is 2.55. The van der Waals surface area contributed by atoms with E-state index in [1.54, 1.807) is 31.2 Å². The molecule has 9 heteroatoms. The zero-order chi connectivity index (χ0) is 27.6. The first-order valence-corrected chi connectivity index (χ1v) is 13.8. The molecule has 6 nitrogen and oxygen atoms in total. The number of hydrogen-bond acceptors (Lipinski definition) is 4. The number of carbonyl (C=O) groups excluding carboxylic acids is 2. The maximum Gasteiger partial charge on any atom is 0.416 e. The molecule has 4 aliphatic rings. The van der Waals surface area contributed by atoms with Crippen molar-refractivity contribution in [3.8, 4) is 5.75 Å². The molecule has 39 heavy (non-hydrogen) atoms. The van der Waals surface area contributed by atoms with Crippen LogP contribution >= 0.6 is 0 Å². The van der Waals surface area contributed by atoms with Crippen LogP contribution in [0.3, 0.4) is 0 Å². The van der Waals surface area contributed by atoms with Gasteiger partial charge in [0.25, 0.3) is 0 Å². The summed E-state index contributed by atoms with van der Waals surface area (Å²) in [7, 11) is 0. The van der Waals surface area contributed by atoms with Gasteiger partial charge in [0.1, 0.15) is 11.9 Å². The third kappa shape index (κ3) is 6.50. The second-order valence-corrected chi connectivity index (χ2v) is 11.3. The number of ether oxygens (including phenoxy) is 2. The van der Waals surface area contributed by atoms with Gasteiger partial charge in [-0.15, -0.1) is 0 Å². The number of hydrogen-bond donors (Lipinski definition) is 2. The minimum Gasteiger partial charge on any atom is -0.486 e. The van der Waals surface area contributed by atoms with E-state index in [0.29, 0.717) is 41.1 Å². The van der Waals surface area contributed by atoms with Crippen LogP contribution < -0.4 is 15.4 Å². The summed E-state index contributed by atoms with van der Waals surface area (Å²) in [6.07, 6.45) is 2.30. The fourth-order valence-corrected chi connectivity index (χ4v) is 7.09. The van der Waals surface area contributed by atoms with E-state index in [9.17, 15) is 22.8 Å². The van der Waals surface area contributed by atoms with Crippen LogP contribution in [0.5, 0.6) is 5.75 Å². The molecule has 210 valence electrons. The zero-order valence-corrected chi connectivity index (χ0v) is 22.1. The standard InChI is InChI=1S/C30H35F3N2O4/c1-2-38-27(36)23-5-9-25(10-6-23)39-26(22-3-7-24(8-4-22)30(31,32)33)11-12-34-28(37)35-29-16-19-13-20(17-29)15-21(14-19)18-29/h3-10,19-21,26H,2,11-18H2,1H3,(H2,34,35,37). The Labute approximate surface area is 226 Å². The van der Waals surface area contributed by atoms with Crippen molar-refractivity contribution in [3.05, 3.63) is 65.2 Å². The summed E-state index contributed by atoms with van der Waals surface area (Å²) in [6, 6.07) is 11.1. The first kappa shape index (κ1) is 27.3. The van der Waals surface area contributed by atoms with Gasteiger partial charge < -0.3 is 20.1 Å². The average molecular weight is 545 g/mol. The molecule has 2 N–H and O–H groups in total. The molecule has 0 radical (unpaired) electrons. The van der Waals surface area contributed by atoms with Crippen molar-refractivity contribution in [3.63, 3.8) is 0 Å². The van der Waals surface area contributed by atoms with E-state index in [-0.39, 0.29) is 24.7 Å². The first-order valence-electron chi connectivity index (χ1n) is 13.8. The van der Waals surface area contributed by atoms with Gasteiger partial charge >= 0.3 is 18.2 Å². The second kappa shape index (κ2) is 11.1. The van der Waals surface area contributed by atoms with Crippen molar-refractivity contribution in [2.75, 3.05) is 13.2 Å². The van der Waals surface area contributed by atoms with E-state index in [4.69, 9.17) is 9.47 Å². The monoisotopic (exact) mass is 544 g/mol. The number of alkyl halides is 3. The van der Waals surface area contributed by atoms with Gasteiger partial charge in [-0.25, -0.2) is 9.59 Å². The van der Waals surface area contributed by atoms with Crippen molar-refractivity contribution in [2.24, 2.45) is 17.8 Å². The summed E-state index contributed by atoms with van der Waals surface area (Å²) in [4.78, 5) is 24.8. The van der Waals surface area contributed by atoms with Crippen LogP contribution in [-0.2, 0) is 10.9 Å². The largest absolute Gasteiger partial charge is 0.486 e. The molecule has 2 aromatic rings. The highest BCUT2D eigenvalue weighted by molar-refractivity contribution is 5.89. The predicted octanol–water partition coefficient (Wildman–Crippen LogP) is 6.66. The predicted molar refractivity (Wildman–Crippen MR) is 139 cm³/mol. The summed E-state index contributed by atoms with van der Waals surface area (Å²) < 4.78 is 50.4. The van der Waals surface area contributed by atoms with Crippen LogP contribution in [0, 0.1) is 17.8 Å². The Kier molecular flexibility index (Phi) is 7.78. The summed E-state index contributed by atoms with van der Waals surface area (Å²) in [6.45, 7) is 2.27. The Morgan fingerprint density at radius 1 is 0.949 bits per heavy atom. The fraction of sp³-hybridized carbons (Fsp3) is 0.533. The molecule has 1 atom stereocenters. The lowest BCUT2D eigenvalue weighted by molar-refractivity contribution is -0.137. The lowest BCUT2D eigenvalue weighted by atomic mass is 9.53. The molecule has 0 heterocycles. The summed E-state index contributed by atoms with van der Waals surface area (Å²) in [5.74, 6) is 2.14. The third-order valence-electron chi connectivity index (χ3n) is 8.36. The highest BCUT2D eigenvalue weighted by Gasteiger charge is 2.51. The van der Waals surface area contributed by atoms with Gasteiger partial charge in [0.15, 0.2) is 0 Å². The fourth-order valence-electron chi connectivity index (χ4n) is 7.09. The van der Waals surface area contributed by atoms with Crippen molar-refractivity contribution in [1.82, 2.24) is 10.6 Å². The normalized spacial score (nSPS) is 26.1. The molecular formula is C30H35F3N2O4. The molecule has 1 unspecified atom stereocenters. The Morgan fingerprint density at radius 2 is 1.54 bits per heavy atom. The van der Waals surface area contributed by atoms with Crippen LogP contribution in [0.15, 0.2) is 48.5 Å². The topological polar surface area (TPSA) is 76.7 Å². The molecule has 4 aliphatic carbocycles. The molecule has 0 saturated heterocycles. The van der Waals surface area contributed by atoms with Gasteiger partial charge in [0.2, 0.25) is 0 Å². The van der Waals surface area contributed by atoms with Gasteiger partial charge in [-0.05, 0) is 105 Å². The van der Waals surface area contributed by atoms with Gasteiger partial charge in [0, 0.05) is 18.5 Å². The summed E-state index contributed by atoms with van der Waals surface area (Å²) in [5, 5.41) is 6.23. The molecule has 0 aromatic heterocycles. The van der Waals surface area contributed by atoms with Crippen LogP contribution in [0.25, 0.3) is 0 Å². The number of carbonyl (C=O) groups is 2. The van der Waals surface area contributed by atoms with E-state index >= 15 is 0 Å². The number of esters is 1. The third-order valence-corrected chi connectivity index (χ3v) is 8.36. The summed E-state index contributed by atoms with van der Waals surface area (Å²) >= 11 is 0. The van der Waals surface area contributed by atoms with Gasteiger partial charge in [-0.2, -0.15) is 13.2 Å². The minimum atomic E-state index is -4.44. The highest BCUT2D eigenvalue weighted by atomic mass is 19.4. The quantitative estimate of drug-likeness (QED) is 0.346. The van der Waals surface area contributed by atoms with Gasteiger partial charge in [-0.3, -0.25) is 0 Å². The maximum absolute atomic E-state index is 13.1. The van der Waals surface area contributed by atoms with E-state index in [2.05, 4.69) is 10.6 Å². The average Bonchev–Trinajstić information content (AvgIpc) is 2.87. The first-order chi connectivity index (χ1) is 18.6. The van der Waals surface area contributed by atoms with E-state index in [0.717, 1.165) is 31.4 Å². The lowest BCUT2D eigenvalue weighted by Crippen LogP contribution is -2.61. The molecule has 0 spiro atoms. The number of urea groups is 1. The van der Waals surface area contributed by atoms with Crippen LogP contribution in [0.1, 0.15) is 79.5 Å².